The van der Waals surface area contributed by atoms with Gasteiger partial charge >= 0.3 is 5.97 Å². The number of carbonyl (C=O) groups excluding carboxylic acids is 3. The van der Waals surface area contributed by atoms with Crippen molar-refractivity contribution in [1.82, 2.24) is 16.0 Å². The van der Waals surface area contributed by atoms with Crippen LogP contribution in [0.1, 0.15) is 12.5 Å². The van der Waals surface area contributed by atoms with E-state index in [2.05, 4.69) is 16.0 Å². The second-order valence-electron chi connectivity index (χ2n) is 6.38. The van der Waals surface area contributed by atoms with Crippen LogP contribution in [0.5, 0.6) is 0 Å². The van der Waals surface area contributed by atoms with Crippen molar-refractivity contribution in [1.29, 1.82) is 0 Å². The van der Waals surface area contributed by atoms with E-state index in [0.29, 0.717) is 5.56 Å². The minimum Gasteiger partial charge on any atom is -0.480 e. The molecule has 0 saturated heterocycles. The molecule has 4 atom stereocenters. The normalized spacial score (nSPS) is 14.8. The number of carboxylic acid groups (broad SMARTS) is 1. The number of rotatable bonds is 11. The number of hydrogen-bond donors (Lipinski definition) is 7. The zero-order chi connectivity index (χ0) is 22.0. The second kappa shape index (κ2) is 11.7. The molecule has 160 valence electrons. The molecule has 0 bridgehead atoms. The Morgan fingerprint density at radius 1 is 1.03 bits per heavy atom. The van der Waals surface area contributed by atoms with Gasteiger partial charge in [-0.2, -0.15) is 0 Å². The summed E-state index contributed by atoms with van der Waals surface area (Å²) in [5.74, 6) is -3.74. The number of nitrogens with one attached hydrogen (secondary N) is 3. The van der Waals surface area contributed by atoms with Crippen molar-refractivity contribution in [3.8, 4) is 0 Å². The average molecular weight is 410 g/mol. The van der Waals surface area contributed by atoms with Crippen molar-refractivity contribution in [2.45, 2.75) is 37.6 Å². The van der Waals surface area contributed by atoms with Gasteiger partial charge in [-0.25, -0.2) is 4.79 Å². The van der Waals surface area contributed by atoms with E-state index < -0.39 is 61.1 Å². The first kappa shape index (κ1) is 24.0. The van der Waals surface area contributed by atoms with Crippen molar-refractivity contribution >= 4 is 23.7 Å². The molecule has 1 aromatic rings. The van der Waals surface area contributed by atoms with E-state index in [9.17, 15) is 34.5 Å². The van der Waals surface area contributed by atoms with Gasteiger partial charge in [0.1, 0.15) is 18.1 Å². The average Bonchev–Trinajstić information content (AvgIpc) is 2.69. The topological polar surface area (TPSA) is 191 Å². The smallest absolute Gasteiger partial charge is 0.326 e. The van der Waals surface area contributed by atoms with Crippen LogP contribution >= 0.6 is 0 Å². The molecule has 0 radical (unpaired) electrons. The molecular formula is C18H26N4O7. The summed E-state index contributed by atoms with van der Waals surface area (Å²) in [7, 11) is 0. The maximum absolute atomic E-state index is 12.3. The fraction of sp³-hybridized carbons (Fsp3) is 0.444. The van der Waals surface area contributed by atoms with Gasteiger partial charge in [-0.15, -0.1) is 0 Å². The summed E-state index contributed by atoms with van der Waals surface area (Å²) in [6.45, 7) is -0.0173. The monoisotopic (exact) mass is 410 g/mol. The largest absolute Gasteiger partial charge is 0.480 e. The molecule has 1 aromatic carbocycles. The molecular weight excluding hydrogens is 384 g/mol. The quantitative estimate of drug-likeness (QED) is 0.202. The highest BCUT2D eigenvalue weighted by atomic mass is 16.4. The third-order valence-corrected chi connectivity index (χ3v) is 3.98. The zero-order valence-electron chi connectivity index (χ0n) is 15.9. The van der Waals surface area contributed by atoms with E-state index in [1.54, 1.807) is 30.3 Å². The SMILES string of the molecule is CC(O)C(N)C(=O)NCC(=O)NC(CO)C(=O)NC(Cc1ccccc1)C(=O)O. The summed E-state index contributed by atoms with van der Waals surface area (Å²) < 4.78 is 0. The first-order valence-electron chi connectivity index (χ1n) is 8.84. The van der Waals surface area contributed by atoms with Gasteiger partial charge in [0.2, 0.25) is 17.7 Å². The molecule has 11 nitrogen and oxygen atoms in total. The van der Waals surface area contributed by atoms with Gasteiger partial charge in [-0.1, -0.05) is 30.3 Å². The van der Waals surface area contributed by atoms with Crippen LogP contribution in [0, 0.1) is 0 Å². The molecule has 29 heavy (non-hydrogen) atoms. The number of aliphatic hydroxyl groups excluding tert-OH is 2. The van der Waals surface area contributed by atoms with Gasteiger partial charge in [-0.3, -0.25) is 14.4 Å². The molecule has 0 fully saturated rings. The Bertz CT molecular complexity index is 711. The molecule has 0 aliphatic carbocycles. The van der Waals surface area contributed by atoms with Crippen LogP contribution in [0.3, 0.4) is 0 Å². The Balaban J connectivity index is 2.61. The molecule has 0 spiro atoms. The molecule has 8 N–H and O–H groups in total. The number of carboxylic acids is 1. The molecule has 0 aliphatic rings. The van der Waals surface area contributed by atoms with E-state index >= 15 is 0 Å². The van der Waals surface area contributed by atoms with E-state index in [-0.39, 0.29) is 6.42 Å². The Morgan fingerprint density at radius 3 is 2.17 bits per heavy atom. The number of aliphatic carboxylic acids is 1. The molecule has 0 aliphatic heterocycles. The van der Waals surface area contributed by atoms with Gasteiger partial charge in [0.15, 0.2) is 0 Å². The van der Waals surface area contributed by atoms with Gasteiger partial charge < -0.3 is 37.0 Å². The lowest BCUT2D eigenvalue weighted by Gasteiger charge is -2.20. The van der Waals surface area contributed by atoms with E-state index in [4.69, 9.17) is 5.73 Å². The molecule has 0 saturated carbocycles. The highest BCUT2D eigenvalue weighted by Crippen LogP contribution is 2.04. The predicted octanol–water partition coefficient (Wildman–Crippen LogP) is -2.90. The van der Waals surface area contributed by atoms with Crippen molar-refractivity contribution in [3.05, 3.63) is 35.9 Å². The van der Waals surface area contributed by atoms with E-state index in [0.717, 1.165) is 0 Å². The van der Waals surface area contributed by atoms with Gasteiger partial charge in [0.05, 0.1) is 19.3 Å². The van der Waals surface area contributed by atoms with Crippen LogP contribution in [-0.2, 0) is 25.6 Å². The van der Waals surface area contributed by atoms with Crippen molar-refractivity contribution in [2.24, 2.45) is 5.73 Å². The lowest BCUT2D eigenvalue weighted by molar-refractivity contribution is -0.142. The minimum atomic E-state index is -1.41. The first-order chi connectivity index (χ1) is 13.6. The third-order valence-electron chi connectivity index (χ3n) is 3.98. The molecule has 11 heteroatoms. The Hall–Kier alpha value is -3.02. The minimum absolute atomic E-state index is 0.0152. The summed E-state index contributed by atoms with van der Waals surface area (Å²) in [6, 6.07) is 4.72. The molecule has 0 heterocycles. The first-order valence-corrected chi connectivity index (χ1v) is 8.84. The van der Waals surface area contributed by atoms with Crippen LogP contribution < -0.4 is 21.7 Å². The van der Waals surface area contributed by atoms with Gasteiger partial charge in [0, 0.05) is 6.42 Å². The molecule has 4 unspecified atom stereocenters. The van der Waals surface area contributed by atoms with Crippen LogP contribution in [0.25, 0.3) is 0 Å². The Labute approximate surface area is 167 Å². The zero-order valence-corrected chi connectivity index (χ0v) is 15.9. The van der Waals surface area contributed by atoms with E-state index in [1.807, 2.05) is 0 Å². The van der Waals surface area contributed by atoms with Crippen LogP contribution in [0.2, 0.25) is 0 Å². The van der Waals surface area contributed by atoms with E-state index in [1.165, 1.54) is 6.92 Å². The number of carbonyl (C=O) groups is 4. The van der Waals surface area contributed by atoms with Crippen molar-refractivity contribution < 1.29 is 34.5 Å². The van der Waals surface area contributed by atoms with Crippen LogP contribution in [-0.4, -0.2) is 76.4 Å². The van der Waals surface area contributed by atoms with Crippen LogP contribution in [0.15, 0.2) is 30.3 Å². The Kier molecular flexibility index (Phi) is 9.72. The lowest BCUT2D eigenvalue weighted by atomic mass is 10.1. The maximum Gasteiger partial charge on any atom is 0.326 e. The fourth-order valence-electron chi connectivity index (χ4n) is 2.27. The number of hydrogen-bond acceptors (Lipinski definition) is 7. The molecule has 0 aromatic heterocycles. The maximum atomic E-state index is 12.3. The number of nitrogens with two attached hydrogens (primary N) is 1. The summed E-state index contributed by atoms with van der Waals surface area (Å²) >= 11 is 0. The number of aliphatic hydroxyl groups is 2. The summed E-state index contributed by atoms with van der Waals surface area (Å²) in [4.78, 5) is 47.2. The van der Waals surface area contributed by atoms with Gasteiger partial charge in [-0.05, 0) is 12.5 Å². The standard InChI is InChI=1S/C18H26N4O7/c1-10(24)15(19)17(27)20-8-14(25)21-13(9-23)16(26)22-12(18(28)29)7-11-5-3-2-4-6-11/h2-6,10,12-13,15,23-24H,7-9,19H2,1H3,(H,20,27)(H,21,25)(H,22,26)(H,28,29). The highest BCUT2D eigenvalue weighted by Gasteiger charge is 2.27. The van der Waals surface area contributed by atoms with Gasteiger partial charge in [0.25, 0.3) is 0 Å². The fourth-order valence-corrected chi connectivity index (χ4v) is 2.27. The summed E-state index contributed by atoms with van der Waals surface area (Å²) in [5.41, 5.74) is 6.10. The molecule has 3 amide bonds. The lowest BCUT2D eigenvalue weighted by Crippen LogP contribution is -2.55. The summed E-state index contributed by atoms with van der Waals surface area (Å²) in [6.07, 6.45) is -1.10. The predicted molar refractivity (Wildman–Crippen MR) is 101 cm³/mol. The second-order valence-corrected chi connectivity index (χ2v) is 6.38. The van der Waals surface area contributed by atoms with Crippen molar-refractivity contribution in [3.63, 3.8) is 0 Å². The highest BCUT2D eigenvalue weighted by molar-refractivity contribution is 5.92. The Morgan fingerprint density at radius 2 is 1.66 bits per heavy atom. The summed E-state index contributed by atoms with van der Waals surface area (Å²) in [5, 5.41) is 34.5. The molecule has 1 rings (SSSR count). The van der Waals surface area contributed by atoms with Crippen molar-refractivity contribution in [2.75, 3.05) is 13.2 Å². The third kappa shape index (κ3) is 8.25. The van der Waals surface area contributed by atoms with Crippen LogP contribution in [0.4, 0.5) is 0 Å². The number of amides is 3. The number of benzene rings is 1.